The third kappa shape index (κ3) is 4.86. The van der Waals surface area contributed by atoms with Crippen molar-refractivity contribution >= 4 is 11.6 Å². The zero-order valence-corrected chi connectivity index (χ0v) is 12.4. The zero-order chi connectivity index (χ0) is 16.5. The minimum Gasteiger partial charge on any atom is -0.487 e. The van der Waals surface area contributed by atoms with Gasteiger partial charge >= 0.3 is 0 Å². The number of benzene rings is 1. The van der Waals surface area contributed by atoms with Crippen molar-refractivity contribution in [2.45, 2.75) is 0 Å². The van der Waals surface area contributed by atoms with Crippen LogP contribution in [-0.4, -0.2) is 51.5 Å². The van der Waals surface area contributed by atoms with Crippen LogP contribution in [0.3, 0.4) is 0 Å². The van der Waals surface area contributed by atoms with Gasteiger partial charge < -0.3 is 24.7 Å². The number of nitro groups is 1. The highest BCUT2D eigenvalue weighted by Gasteiger charge is 2.23. The number of nitrogens with zero attached hydrogens (tertiary/aromatic N) is 1. The van der Waals surface area contributed by atoms with E-state index in [0.29, 0.717) is 13.2 Å². The predicted octanol–water partition coefficient (Wildman–Crippen LogP) is 0.744. The van der Waals surface area contributed by atoms with Crippen molar-refractivity contribution in [1.82, 2.24) is 0 Å². The summed E-state index contributed by atoms with van der Waals surface area (Å²) < 4.78 is 20.5. The van der Waals surface area contributed by atoms with E-state index in [2.05, 4.69) is 0 Å². The van der Waals surface area contributed by atoms with Crippen molar-refractivity contribution in [2.75, 3.05) is 40.6 Å². The van der Waals surface area contributed by atoms with Crippen LogP contribution < -0.4 is 15.2 Å². The standard InChI is InChI=1S/C13H18N2O7/c1-19-3-5-21-11-7-9(13(14)16)10(15(17)18)8-12(11)22-6-4-20-2/h7-8H,3-6H2,1-2H3,(H2,14,16). The van der Waals surface area contributed by atoms with Gasteiger partial charge in [0.15, 0.2) is 11.5 Å². The summed E-state index contributed by atoms with van der Waals surface area (Å²) in [7, 11) is 3.00. The van der Waals surface area contributed by atoms with Gasteiger partial charge in [-0.1, -0.05) is 0 Å². The number of rotatable bonds is 10. The Balaban J connectivity index is 3.14. The van der Waals surface area contributed by atoms with Crippen molar-refractivity contribution in [1.29, 1.82) is 0 Å². The van der Waals surface area contributed by atoms with Crippen LogP contribution in [0.4, 0.5) is 5.69 Å². The van der Waals surface area contributed by atoms with E-state index in [1.54, 1.807) is 0 Å². The molecule has 0 saturated carbocycles. The molecule has 9 heteroatoms. The first-order valence-electron chi connectivity index (χ1n) is 6.37. The maximum absolute atomic E-state index is 11.4. The second kappa shape index (κ2) is 8.80. The number of methoxy groups -OCH3 is 2. The summed E-state index contributed by atoms with van der Waals surface area (Å²) in [5, 5.41) is 11.0. The fraction of sp³-hybridized carbons (Fsp3) is 0.462. The molecule has 0 bridgehead atoms. The number of nitro benzene ring substituents is 1. The highest BCUT2D eigenvalue weighted by molar-refractivity contribution is 5.97. The Morgan fingerprint density at radius 1 is 1.09 bits per heavy atom. The molecule has 0 aliphatic rings. The molecule has 122 valence electrons. The van der Waals surface area contributed by atoms with Crippen molar-refractivity contribution in [3.8, 4) is 11.5 Å². The molecule has 1 aromatic rings. The Bertz CT molecular complexity index is 486. The molecule has 0 unspecified atom stereocenters. The van der Waals surface area contributed by atoms with Crippen LogP contribution in [0.25, 0.3) is 0 Å². The van der Waals surface area contributed by atoms with E-state index in [4.69, 9.17) is 24.7 Å². The summed E-state index contributed by atoms with van der Waals surface area (Å²) in [6, 6.07) is 2.30. The van der Waals surface area contributed by atoms with E-state index in [0.717, 1.165) is 6.07 Å². The highest BCUT2D eigenvalue weighted by atomic mass is 16.6. The quantitative estimate of drug-likeness (QED) is 0.384. The van der Waals surface area contributed by atoms with Gasteiger partial charge in [0, 0.05) is 20.3 Å². The molecule has 0 radical (unpaired) electrons. The van der Waals surface area contributed by atoms with Crippen molar-refractivity contribution in [2.24, 2.45) is 5.73 Å². The van der Waals surface area contributed by atoms with Gasteiger partial charge in [-0.05, 0) is 0 Å². The van der Waals surface area contributed by atoms with Crippen LogP contribution in [-0.2, 0) is 9.47 Å². The van der Waals surface area contributed by atoms with Gasteiger partial charge in [-0.15, -0.1) is 0 Å². The van der Waals surface area contributed by atoms with E-state index in [-0.39, 0.29) is 30.3 Å². The molecule has 0 atom stereocenters. The Morgan fingerprint density at radius 2 is 1.59 bits per heavy atom. The van der Waals surface area contributed by atoms with E-state index < -0.39 is 16.5 Å². The molecule has 0 aliphatic heterocycles. The number of amides is 1. The lowest BCUT2D eigenvalue weighted by molar-refractivity contribution is -0.385. The molecular weight excluding hydrogens is 296 g/mol. The second-order valence-electron chi connectivity index (χ2n) is 4.12. The number of carbonyl (C=O) groups is 1. The third-order valence-corrected chi connectivity index (χ3v) is 2.61. The van der Waals surface area contributed by atoms with Gasteiger partial charge in [-0.25, -0.2) is 0 Å². The lowest BCUT2D eigenvalue weighted by Crippen LogP contribution is -2.15. The molecule has 1 aromatic carbocycles. The number of carbonyl (C=O) groups excluding carboxylic acids is 1. The maximum Gasteiger partial charge on any atom is 0.286 e. The number of nitrogens with two attached hydrogens (primary N) is 1. The third-order valence-electron chi connectivity index (χ3n) is 2.61. The Morgan fingerprint density at radius 3 is 2.00 bits per heavy atom. The number of hydrogen-bond donors (Lipinski definition) is 1. The Kier molecular flexibility index (Phi) is 7.06. The first-order valence-corrected chi connectivity index (χ1v) is 6.37. The molecule has 0 aromatic heterocycles. The summed E-state index contributed by atoms with van der Waals surface area (Å²) in [4.78, 5) is 21.7. The average molecular weight is 314 g/mol. The van der Waals surface area contributed by atoms with E-state index in [1.807, 2.05) is 0 Å². The SMILES string of the molecule is COCCOc1cc(C(N)=O)c([N+](=O)[O-])cc1OCCOC. The average Bonchev–Trinajstić information content (AvgIpc) is 2.48. The Hall–Kier alpha value is -2.39. The molecule has 0 saturated heterocycles. The van der Waals surface area contributed by atoms with Crippen molar-refractivity contribution in [3.05, 3.63) is 27.8 Å². The smallest absolute Gasteiger partial charge is 0.286 e. The van der Waals surface area contributed by atoms with Gasteiger partial charge in [-0.2, -0.15) is 0 Å². The summed E-state index contributed by atoms with van der Waals surface area (Å²) >= 11 is 0. The summed E-state index contributed by atoms with van der Waals surface area (Å²) in [5.41, 5.74) is 4.46. The molecule has 2 N–H and O–H groups in total. The number of ether oxygens (including phenoxy) is 4. The lowest BCUT2D eigenvalue weighted by atomic mass is 10.1. The van der Waals surface area contributed by atoms with Crippen molar-refractivity contribution < 1.29 is 28.7 Å². The zero-order valence-electron chi connectivity index (χ0n) is 12.4. The van der Waals surface area contributed by atoms with Crippen LogP contribution in [0.1, 0.15) is 10.4 Å². The summed E-state index contributed by atoms with van der Waals surface area (Å²) in [6.07, 6.45) is 0. The molecule has 0 fully saturated rings. The lowest BCUT2D eigenvalue weighted by Gasteiger charge is -2.13. The highest BCUT2D eigenvalue weighted by Crippen LogP contribution is 2.34. The first kappa shape index (κ1) is 17.7. The minimum atomic E-state index is -0.924. The largest absolute Gasteiger partial charge is 0.487 e. The predicted molar refractivity (Wildman–Crippen MR) is 76.4 cm³/mol. The van der Waals surface area contributed by atoms with E-state index >= 15 is 0 Å². The van der Waals surface area contributed by atoms with Gasteiger partial charge in [-0.3, -0.25) is 14.9 Å². The first-order chi connectivity index (χ1) is 10.5. The molecule has 0 heterocycles. The van der Waals surface area contributed by atoms with Crippen LogP contribution in [0.2, 0.25) is 0 Å². The van der Waals surface area contributed by atoms with Crippen LogP contribution in [0, 0.1) is 10.1 Å². The molecule has 1 amide bonds. The monoisotopic (exact) mass is 314 g/mol. The molecule has 0 spiro atoms. The maximum atomic E-state index is 11.4. The molecule has 1 rings (SSSR count). The van der Waals surface area contributed by atoms with Gasteiger partial charge in [0.2, 0.25) is 0 Å². The normalized spacial score (nSPS) is 10.3. The Labute approximate surface area is 127 Å². The van der Waals surface area contributed by atoms with Crippen molar-refractivity contribution in [3.63, 3.8) is 0 Å². The van der Waals surface area contributed by atoms with Gasteiger partial charge in [0.1, 0.15) is 18.8 Å². The van der Waals surface area contributed by atoms with E-state index in [1.165, 1.54) is 20.3 Å². The summed E-state index contributed by atoms with van der Waals surface area (Å²) in [5.74, 6) is -0.621. The van der Waals surface area contributed by atoms with Crippen LogP contribution >= 0.6 is 0 Å². The summed E-state index contributed by atoms with van der Waals surface area (Å²) in [6.45, 7) is 0.959. The number of primary amides is 1. The fourth-order valence-electron chi connectivity index (χ4n) is 1.59. The topological polar surface area (TPSA) is 123 Å². The number of hydrogen-bond acceptors (Lipinski definition) is 7. The molecular formula is C13H18N2O7. The minimum absolute atomic E-state index is 0.129. The molecule has 9 nitrogen and oxygen atoms in total. The second-order valence-corrected chi connectivity index (χ2v) is 4.12. The fourth-order valence-corrected chi connectivity index (χ4v) is 1.59. The van der Waals surface area contributed by atoms with E-state index in [9.17, 15) is 14.9 Å². The molecule has 0 aliphatic carbocycles. The molecule has 22 heavy (non-hydrogen) atoms. The van der Waals surface area contributed by atoms with Crippen LogP contribution in [0.15, 0.2) is 12.1 Å². The van der Waals surface area contributed by atoms with Gasteiger partial charge in [0.25, 0.3) is 11.6 Å². The van der Waals surface area contributed by atoms with Crippen LogP contribution in [0.5, 0.6) is 11.5 Å². The van der Waals surface area contributed by atoms with Gasteiger partial charge in [0.05, 0.1) is 24.2 Å².